The molecule has 1 amide bonds. The number of aromatic amines is 1. The molecule has 0 saturated carbocycles. The Morgan fingerprint density at radius 3 is 3.07 bits per heavy atom. The third-order valence-electron chi connectivity index (χ3n) is 2.78. The normalized spacial score (nSPS) is 22.1. The summed E-state index contributed by atoms with van der Waals surface area (Å²) < 4.78 is 1.06. The van der Waals surface area contributed by atoms with Crippen LogP contribution in [-0.4, -0.2) is 28.9 Å². The van der Waals surface area contributed by atoms with E-state index >= 15 is 0 Å². The van der Waals surface area contributed by atoms with Crippen molar-refractivity contribution in [2.75, 3.05) is 13.1 Å². The molecule has 3 N–H and O–H groups in total. The first-order chi connectivity index (χ1) is 7.15. The van der Waals surface area contributed by atoms with Gasteiger partial charge in [-0.1, -0.05) is 0 Å². The lowest BCUT2D eigenvalue weighted by atomic mass is 10.1. The van der Waals surface area contributed by atoms with Crippen molar-refractivity contribution in [3.05, 3.63) is 22.4 Å². The Morgan fingerprint density at radius 1 is 1.73 bits per heavy atom. The first kappa shape index (κ1) is 10.7. The van der Waals surface area contributed by atoms with Crippen LogP contribution >= 0.6 is 15.9 Å². The summed E-state index contributed by atoms with van der Waals surface area (Å²) in [6, 6.07) is 2.05. The average molecular weight is 272 g/mol. The predicted molar refractivity (Wildman–Crippen MR) is 61.1 cm³/mol. The lowest BCUT2D eigenvalue weighted by molar-refractivity contribution is -0.121. The monoisotopic (exact) mass is 271 g/mol. The summed E-state index contributed by atoms with van der Waals surface area (Å²) in [5.41, 5.74) is 6.44. The van der Waals surface area contributed by atoms with Crippen LogP contribution in [0.2, 0.25) is 0 Å². The molecule has 4 nitrogen and oxygen atoms in total. The fourth-order valence-electron chi connectivity index (χ4n) is 1.95. The minimum atomic E-state index is -0.176. The highest BCUT2D eigenvalue weighted by atomic mass is 79.9. The number of hydrogen-bond donors (Lipinski definition) is 2. The standard InChI is InChI=1S/C10H14BrN3O/c11-8-3-9(13-4-8)6-14-2-1-7(5-14)10(12)15/h3-4,7,13H,1-2,5-6H2,(H2,12,15)/t7-/m0/s1. The van der Waals surface area contributed by atoms with E-state index in [1.807, 2.05) is 6.20 Å². The number of nitrogens with two attached hydrogens (primary N) is 1. The molecular formula is C10H14BrN3O. The number of amides is 1. The highest BCUT2D eigenvalue weighted by Gasteiger charge is 2.26. The van der Waals surface area contributed by atoms with Gasteiger partial charge in [0.15, 0.2) is 0 Å². The highest BCUT2D eigenvalue weighted by Crippen LogP contribution is 2.19. The lowest BCUT2D eigenvalue weighted by Gasteiger charge is -2.13. The molecule has 0 bridgehead atoms. The van der Waals surface area contributed by atoms with Crippen molar-refractivity contribution in [3.8, 4) is 0 Å². The van der Waals surface area contributed by atoms with E-state index in [1.165, 1.54) is 0 Å². The van der Waals surface area contributed by atoms with Gasteiger partial charge in [0.1, 0.15) is 0 Å². The molecule has 0 radical (unpaired) electrons. The molecule has 1 aliphatic heterocycles. The van der Waals surface area contributed by atoms with Crippen molar-refractivity contribution in [1.29, 1.82) is 0 Å². The van der Waals surface area contributed by atoms with Crippen LogP contribution in [0.5, 0.6) is 0 Å². The zero-order valence-corrected chi connectivity index (χ0v) is 9.96. The molecule has 1 saturated heterocycles. The summed E-state index contributed by atoms with van der Waals surface area (Å²) in [6.07, 6.45) is 2.80. The first-order valence-corrected chi connectivity index (χ1v) is 5.79. The maximum absolute atomic E-state index is 11.0. The summed E-state index contributed by atoms with van der Waals surface area (Å²) >= 11 is 3.39. The minimum absolute atomic E-state index is 0.0309. The largest absolute Gasteiger partial charge is 0.369 e. The number of hydrogen-bond acceptors (Lipinski definition) is 2. The number of carbonyl (C=O) groups is 1. The third-order valence-corrected chi connectivity index (χ3v) is 3.23. The number of carbonyl (C=O) groups excluding carboxylic acids is 1. The van der Waals surface area contributed by atoms with Gasteiger partial charge >= 0.3 is 0 Å². The van der Waals surface area contributed by atoms with E-state index in [1.54, 1.807) is 0 Å². The molecule has 82 valence electrons. The van der Waals surface area contributed by atoms with Gasteiger partial charge in [0.2, 0.25) is 5.91 Å². The molecule has 5 heteroatoms. The Hall–Kier alpha value is -0.810. The van der Waals surface area contributed by atoms with E-state index in [2.05, 4.69) is 31.9 Å². The number of nitrogens with zero attached hydrogens (tertiary/aromatic N) is 1. The number of likely N-dealkylation sites (tertiary alicyclic amines) is 1. The van der Waals surface area contributed by atoms with E-state index in [0.717, 1.165) is 36.2 Å². The Kier molecular flexibility index (Phi) is 3.11. The van der Waals surface area contributed by atoms with Crippen LogP contribution in [0.1, 0.15) is 12.1 Å². The van der Waals surface area contributed by atoms with Gasteiger partial charge in [-0.05, 0) is 35.0 Å². The molecule has 0 spiro atoms. The average Bonchev–Trinajstić information content (AvgIpc) is 2.76. The fourth-order valence-corrected chi connectivity index (χ4v) is 2.34. The number of nitrogens with one attached hydrogen (secondary N) is 1. The molecule has 1 atom stereocenters. The predicted octanol–water partition coefficient (Wildman–Crippen LogP) is 1.08. The summed E-state index contributed by atoms with van der Waals surface area (Å²) in [5, 5.41) is 0. The Bertz CT molecular complexity index is 363. The third kappa shape index (κ3) is 2.60. The second-order valence-electron chi connectivity index (χ2n) is 3.97. The fraction of sp³-hybridized carbons (Fsp3) is 0.500. The van der Waals surface area contributed by atoms with Crippen LogP contribution in [0, 0.1) is 5.92 Å². The SMILES string of the molecule is NC(=O)[C@H]1CCN(Cc2cc(Br)c[nH]2)C1. The molecule has 0 unspecified atom stereocenters. The Labute approximate surface area is 97.0 Å². The number of halogens is 1. The van der Waals surface area contributed by atoms with Gasteiger partial charge in [-0.3, -0.25) is 9.69 Å². The molecule has 1 aliphatic rings. The molecule has 2 rings (SSSR count). The van der Waals surface area contributed by atoms with E-state index in [4.69, 9.17) is 5.73 Å². The second kappa shape index (κ2) is 4.37. The van der Waals surface area contributed by atoms with Crippen molar-refractivity contribution in [3.63, 3.8) is 0 Å². The van der Waals surface area contributed by atoms with Gasteiger partial charge in [0.05, 0.1) is 5.92 Å². The number of aromatic nitrogens is 1. The maximum atomic E-state index is 11.0. The molecular weight excluding hydrogens is 258 g/mol. The quantitative estimate of drug-likeness (QED) is 0.865. The lowest BCUT2D eigenvalue weighted by Crippen LogP contribution is -2.27. The molecule has 2 heterocycles. The van der Waals surface area contributed by atoms with E-state index in [9.17, 15) is 4.79 Å². The molecule has 0 aromatic carbocycles. The van der Waals surface area contributed by atoms with Crippen LogP contribution in [0.15, 0.2) is 16.7 Å². The van der Waals surface area contributed by atoms with E-state index in [-0.39, 0.29) is 11.8 Å². The molecule has 1 aromatic rings. The van der Waals surface area contributed by atoms with Crippen LogP contribution in [0.4, 0.5) is 0 Å². The van der Waals surface area contributed by atoms with Crippen molar-refractivity contribution in [2.24, 2.45) is 11.7 Å². The van der Waals surface area contributed by atoms with Gasteiger partial charge in [-0.25, -0.2) is 0 Å². The molecule has 15 heavy (non-hydrogen) atoms. The van der Waals surface area contributed by atoms with Gasteiger partial charge in [-0.15, -0.1) is 0 Å². The van der Waals surface area contributed by atoms with Gasteiger partial charge in [0.25, 0.3) is 0 Å². The summed E-state index contributed by atoms with van der Waals surface area (Å²) in [6.45, 7) is 2.59. The number of H-pyrrole nitrogens is 1. The van der Waals surface area contributed by atoms with Crippen LogP contribution in [0.25, 0.3) is 0 Å². The summed E-state index contributed by atoms with van der Waals surface area (Å²) in [7, 11) is 0. The number of rotatable bonds is 3. The molecule has 0 aliphatic carbocycles. The van der Waals surface area contributed by atoms with Crippen LogP contribution in [0.3, 0.4) is 0 Å². The maximum Gasteiger partial charge on any atom is 0.221 e. The van der Waals surface area contributed by atoms with Crippen molar-refractivity contribution in [2.45, 2.75) is 13.0 Å². The zero-order valence-electron chi connectivity index (χ0n) is 8.37. The van der Waals surface area contributed by atoms with Crippen molar-refractivity contribution < 1.29 is 4.79 Å². The second-order valence-corrected chi connectivity index (χ2v) is 4.88. The van der Waals surface area contributed by atoms with Crippen LogP contribution < -0.4 is 5.73 Å². The van der Waals surface area contributed by atoms with Crippen LogP contribution in [-0.2, 0) is 11.3 Å². The van der Waals surface area contributed by atoms with E-state index in [0.29, 0.717) is 0 Å². The van der Waals surface area contributed by atoms with E-state index < -0.39 is 0 Å². The molecule has 1 aromatic heterocycles. The smallest absolute Gasteiger partial charge is 0.221 e. The first-order valence-electron chi connectivity index (χ1n) is 4.99. The summed E-state index contributed by atoms with van der Waals surface area (Å²) in [5.74, 6) is -0.145. The van der Waals surface area contributed by atoms with Gasteiger partial charge < -0.3 is 10.7 Å². The Balaban J connectivity index is 1.90. The van der Waals surface area contributed by atoms with Crippen molar-refractivity contribution in [1.82, 2.24) is 9.88 Å². The topological polar surface area (TPSA) is 62.1 Å². The highest BCUT2D eigenvalue weighted by molar-refractivity contribution is 9.10. The number of primary amides is 1. The zero-order chi connectivity index (χ0) is 10.8. The van der Waals surface area contributed by atoms with Crippen molar-refractivity contribution >= 4 is 21.8 Å². The van der Waals surface area contributed by atoms with Gasteiger partial charge in [0, 0.05) is 29.5 Å². The summed E-state index contributed by atoms with van der Waals surface area (Å²) in [4.78, 5) is 16.4. The minimum Gasteiger partial charge on any atom is -0.369 e. The molecule has 1 fully saturated rings. The van der Waals surface area contributed by atoms with Gasteiger partial charge in [-0.2, -0.15) is 0 Å². The Morgan fingerprint density at radius 2 is 2.53 bits per heavy atom.